The number of ether oxygens (including phenoxy) is 1. The molecule has 0 bridgehead atoms. The van der Waals surface area contributed by atoms with Gasteiger partial charge in [0.2, 0.25) is 0 Å². The monoisotopic (exact) mass is 263 g/mol. The van der Waals surface area contributed by atoms with Crippen LogP contribution in [0.25, 0.3) is 0 Å². The van der Waals surface area contributed by atoms with Crippen LogP contribution >= 0.6 is 0 Å². The van der Waals surface area contributed by atoms with Gasteiger partial charge in [-0.15, -0.1) is 0 Å². The summed E-state index contributed by atoms with van der Waals surface area (Å²) in [6.07, 6.45) is 2.35. The summed E-state index contributed by atoms with van der Waals surface area (Å²) >= 11 is 0. The van der Waals surface area contributed by atoms with Gasteiger partial charge < -0.3 is 9.84 Å². The van der Waals surface area contributed by atoms with Crippen molar-refractivity contribution in [3.8, 4) is 5.75 Å². The summed E-state index contributed by atoms with van der Waals surface area (Å²) in [6, 6.07) is 6.19. The molecule has 1 unspecified atom stereocenters. The van der Waals surface area contributed by atoms with E-state index in [2.05, 4.69) is 24.8 Å². The van der Waals surface area contributed by atoms with E-state index in [1.807, 2.05) is 12.1 Å². The fourth-order valence-electron chi connectivity index (χ4n) is 2.67. The molecule has 1 fully saturated rings. The first-order chi connectivity index (χ1) is 9.20. The Bertz CT molecular complexity index is 406. The summed E-state index contributed by atoms with van der Waals surface area (Å²) in [5.41, 5.74) is 2.50. The second-order valence-corrected chi connectivity index (χ2v) is 5.54. The summed E-state index contributed by atoms with van der Waals surface area (Å²) in [4.78, 5) is 2.40. The van der Waals surface area contributed by atoms with Gasteiger partial charge in [0.1, 0.15) is 12.4 Å². The molecule has 3 heteroatoms. The van der Waals surface area contributed by atoms with E-state index < -0.39 is 0 Å². The van der Waals surface area contributed by atoms with Crippen molar-refractivity contribution in [2.45, 2.75) is 26.7 Å². The molecule has 2 rings (SSSR count). The number of piperidine rings is 1. The molecule has 3 nitrogen and oxygen atoms in total. The Balaban J connectivity index is 1.78. The predicted molar refractivity (Wildman–Crippen MR) is 77.7 cm³/mol. The van der Waals surface area contributed by atoms with Crippen LogP contribution in [0.2, 0.25) is 0 Å². The highest BCUT2D eigenvalue weighted by Crippen LogP contribution is 2.21. The zero-order valence-corrected chi connectivity index (χ0v) is 12.1. The van der Waals surface area contributed by atoms with Gasteiger partial charge in [-0.3, -0.25) is 4.90 Å². The lowest BCUT2D eigenvalue weighted by atomic mass is 9.99. The van der Waals surface area contributed by atoms with Crippen LogP contribution in [-0.2, 0) is 0 Å². The number of aryl methyl sites for hydroxylation is 1. The summed E-state index contributed by atoms with van der Waals surface area (Å²) in [6.45, 7) is 8.34. The Hall–Kier alpha value is -1.06. The Morgan fingerprint density at radius 3 is 3.00 bits per heavy atom. The van der Waals surface area contributed by atoms with Crippen LogP contribution in [0.15, 0.2) is 18.2 Å². The van der Waals surface area contributed by atoms with Gasteiger partial charge in [-0.1, -0.05) is 12.1 Å². The average Bonchev–Trinajstić information content (AvgIpc) is 2.44. The fraction of sp³-hybridized carbons (Fsp3) is 0.625. The molecule has 19 heavy (non-hydrogen) atoms. The zero-order chi connectivity index (χ0) is 13.7. The highest BCUT2D eigenvalue weighted by molar-refractivity contribution is 5.38. The molecule has 1 N–H and O–H groups in total. The molecular weight excluding hydrogens is 238 g/mol. The summed E-state index contributed by atoms with van der Waals surface area (Å²) < 4.78 is 5.89. The molecule has 0 amide bonds. The van der Waals surface area contributed by atoms with Crippen molar-refractivity contribution in [1.29, 1.82) is 0 Å². The number of aliphatic hydroxyl groups is 1. The first-order valence-corrected chi connectivity index (χ1v) is 7.23. The minimum Gasteiger partial charge on any atom is -0.492 e. The number of aliphatic hydroxyl groups excluding tert-OH is 1. The molecule has 1 aromatic rings. The van der Waals surface area contributed by atoms with Crippen molar-refractivity contribution in [1.82, 2.24) is 4.90 Å². The molecule has 1 aliphatic rings. The van der Waals surface area contributed by atoms with Crippen molar-refractivity contribution < 1.29 is 9.84 Å². The number of likely N-dealkylation sites (tertiary alicyclic amines) is 1. The lowest BCUT2D eigenvalue weighted by molar-refractivity contribution is 0.107. The Labute approximate surface area is 116 Å². The van der Waals surface area contributed by atoms with Crippen molar-refractivity contribution in [3.63, 3.8) is 0 Å². The first-order valence-electron chi connectivity index (χ1n) is 7.23. The lowest BCUT2D eigenvalue weighted by Crippen LogP contribution is -2.39. The number of hydrogen-bond acceptors (Lipinski definition) is 3. The van der Waals surface area contributed by atoms with Crippen molar-refractivity contribution in [2.24, 2.45) is 5.92 Å². The smallest absolute Gasteiger partial charge is 0.122 e. The SMILES string of the molecule is Cc1cccc(OCCN2CCCC(CO)C2)c1C. The van der Waals surface area contributed by atoms with E-state index in [1.165, 1.54) is 17.5 Å². The quantitative estimate of drug-likeness (QED) is 0.885. The Morgan fingerprint density at radius 1 is 1.37 bits per heavy atom. The van der Waals surface area contributed by atoms with Crippen LogP contribution in [0.3, 0.4) is 0 Å². The van der Waals surface area contributed by atoms with E-state index in [9.17, 15) is 5.11 Å². The third kappa shape index (κ3) is 3.95. The molecule has 1 heterocycles. The van der Waals surface area contributed by atoms with Gasteiger partial charge in [0, 0.05) is 19.7 Å². The molecule has 0 radical (unpaired) electrons. The largest absolute Gasteiger partial charge is 0.492 e. The second-order valence-electron chi connectivity index (χ2n) is 5.54. The van der Waals surface area contributed by atoms with Crippen LogP contribution in [0, 0.1) is 19.8 Å². The molecular formula is C16H25NO2. The van der Waals surface area contributed by atoms with Crippen molar-refractivity contribution in [2.75, 3.05) is 32.8 Å². The Morgan fingerprint density at radius 2 is 2.21 bits per heavy atom. The van der Waals surface area contributed by atoms with E-state index in [4.69, 9.17) is 4.74 Å². The lowest BCUT2D eigenvalue weighted by Gasteiger charge is -2.31. The summed E-state index contributed by atoms with van der Waals surface area (Å²) in [7, 11) is 0. The van der Waals surface area contributed by atoms with Crippen LogP contribution in [-0.4, -0.2) is 42.9 Å². The van der Waals surface area contributed by atoms with Crippen LogP contribution in [0.5, 0.6) is 5.75 Å². The van der Waals surface area contributed by atoms with E-state index in [0.717, 1.165) is 38.4 Å². The Kier molecular flexibility index (Phi) is 5.23. The fourth-order valence-corrected chi connectivity index (χ4v) is 2.67. The van der Waals surface area contributed by atoms with Gasteiger partial charge in [0.15, 0.2) is 0 Å². The van der Waals surface area contributed by atoms with Crippen molar-refractivity contribution in [3.05, 3.63) is 29.3 Å². The van der Waals surface area contributed by atoms with Gasteiger partial charge in [0.25, 0.3) is 0 Å². The summed E-state index contributed by atoms with van der Waals surface area (Å²) in [5, 5.41) is 9.22. The van der Waals surface area contributed by atoms with Gasteiger partial charge in [-0.05, 0) is 56.3 Å². The maximum atomic E-state index is 9.22. The maximum absolute atomic E-state index is 9.22. The van der Waals surface area contributed by atoms with Crippen LogP contribution < -0.4 is 4.74 Å². The first kappa shape index (κ1) is 14.4. The molecule has 1 saturated heterocycles. The van der Waals surface area contributed by atoms with Gasteiger partial charge in [0.05, 0.1) is 0 Å². The van der Waals surface area contributed by atoms with Gasteiger partial charge >= 0.3 is 0 Å². The minimum atomic E-state index is 0.314. The van der Waals surface area contributed by atoms with E-state index >= 15 is 0 Å². The third-order valence-electron chi connectivity index (χ3n) is 4.08. The van der Waals surface area contributed by atoms with E-state index in [-0.39, 0.29) is 0 Å². The second kappa shape index (κ2) is 6.92. The van der Waals surface area contributed by atoms with Gasteiger partial charge in [-0.2, -0.15) is 0 Å². The molecule has 0 saturated carbocycles. The topological polar surface area (TPSA) is 32.7 Å². The highest BCUT2D eigenvalue weighted by atomic mass is 16.5. The highest BCUT2D eigenvalue weighted by Gasteiger charge is 2.18. The third-order valence-corrected chi connectivity index (χ3v) is 4.08. The van der Waals surface area contributed by atoms with Crippen LogP contribution in [0.4, 0.5) is 0 Å². The van der Waals surface area contributed by atoms with Crippen LogP contribution in [0.1, 0.15) is 24.0 Å². The standard InChI is InChI=1S/C16H25NO2/c1-13-5-3-7-16(14(13)2)19-10-9-17-8-4-6-15(11-17)12-18/h3,5,7,15,18H,4,6,8-12H2,1-2H3. The number of nitrogens with zero attached hydrogens (tertiary/aromatic N) is 1. The number of benzene rings is 1. The minimum absolute atomic E-state index is 0.314. The van der Waals surface area contributed by atoms with E-state index in [1.54, 1.807) is 0 Å². The van der Waals surface area contributed by atoms with Gasteiger partial charge in [-0.25, -0.2) is 0 Å². The summed E-state index contributed by atoms with van der Waals surface area (Å²) in [5.74, 6) is 1.45. The molecule has 1 aliphatic heterocycles. The molecule has 0 aromatic heterocycles. The molecule has 0 spiro atoms. The molecule has 1 aromatic carbocycles. The predicted octanol–water partition coefficient (Wildman–Crippen LogP) is 2.39. The maximum Gasteiger partial charge on any atom is 0.122 e. The normalized spacial score (nSPS) is 20.5. The molecule has 1 atom stereocenters. The number of hydrogen-bond donors (Lipinski definition) is 1. The zero-order valence-electron chi connectivity index (χ0n) is 12.1. The number of rotatable bonds is 5. The van der Waals surface area contributed by atoms with Crippen molar-refractivity contribution >= 4 is 0 Å². The average molecular weight is 263 g/mol. The molecule has 0 aliphatic carbocycles. The molecule has 106 valence electrons. The van der Waals surface area contributed by atoms with E-state index in [0.29, 0.717) is 12.5 Å².